The molecule has 0 bridgehead atoms. The van der Waals surface area contributed by atoms with Crippen LogP contribution >= 0.6 is 15.9 Å². The van der Waals surface area contributed by atoms with Crippen LogP contribution in [0.4, 0.5) is 13.2 Å². The summed E-state index contributed by atoms with van der Waals surface area (Å²) in [4.78, 5) is 13.5. The van der Waals surface area contributed by atoms with Crippen molar-refractivity contribution in [3.63, 3.8) is 0 Å². The summed E-state index contributed by atoms with van der Waals surface area (Å²) < 4.78 is 37.5. The van der Waals surface area contributed by atoms with Crippen molar-refractivity contribution in [2.75, 3.05) is 13.1 Å². The van der Waals surface area contributed by atoms with Gasteiger partial charge in [-0.05, 0) is 24.1 Å². The SMILES string of the molecule is CC1CN(C(=O)c2ccc(C(F)(F)F)c(Br)c2)C1. The Morgan fingerprint density at radius 2 is 2.00 bits per heavy atom. The van der Waals surface area contributed by atoms with Crippen LogP contribution in [0.2, 0.25) is 0 Å². The Hall–Kier alpha value is -1.04. The van der Waals surface area contributed by atoms with Crippen molar-refractivity contribution in [2.45, 2.75) is 13.1 Å². The molecule has 1 aliphatic rings. The molecule has 1 fully saturated rings. The van der Waals surface area contributed by atoms with E-state index in [9.17, 15) is 18.0 Å². The zero-order chi connectivity index (χ0) is 13.5. The van der Waals surface area contributed by atoms with E-state index >= 15 is 0 Å². The molecule has 1 heterocycles. The second-order valence-electron chi connectivity index (χ2n) is 4.51. The summed E-state index contributed by atoms with van der Waals surface area (Å²) in [5, 5.41) is 0. The van der Waals surface area contributed by atoms with Crippen molar-refractivity contribution in [1.29, 1.82) is 0 Å². The van der Waals surface area contributed by atoms with Crippen molar-refractivity contribution in [1.82, 2.24) is 4.90 Å². The van der Waals surface area contributed by atoms with Crippen LogP contribution in [0.1, 0.15) is 22.8 Å². The minimum Gasteiger partial charge on any atom is -0.338 e. The lowest BCUT2D eigenvalue weighted by Gasteiger charge is -2.37. The number of likely N-dealkylation sites (tertiary alicyclic amines) is 1. The molecule has 1 aromatic carbocycles. The topological polar surface area (TPSA) is 20.3 Å². The first-order chi connectivity index (χ1) is 8.29. The van der Waals surface area contributed by atoms with Gasteiger partial charge in [-0.3, -0.25) is 4.79 Å². The fourth-order valence-electron chi connectivity index (χ4n) is 1.93. The lowest BCUT2D eigenvalue weighted by Crippen LogP contribution is -2.48. The summed E-state index contributed by atoms with van der Waals surface area (Å²) in [6, 6.07) is 3.38. The van der Waals surface area contributed by atoms with Crippen LogP contribution in [0, 0.1) is 5.92 Å². The van der Waals surface area contributed by atoms with Gasteiger partial charge in [0.25, 0.3) is 5.91 Å². The third-order valence-corrected chi connectivity index (χ3v) is 3.53. The quantitative estimate of drug-likeness (QED) is 0.774. The van der Waals surface area contributed by atoms with Crippen molar-refractivity contribution >= 4 is 21.8 Å². The summed E-state index contributed by atoms with van der Waals surface area (Å²) in [5.74, 6) is 0.245. The first-order valence-electron chi connectivity index (χ1n) is 5.45. The minimum atomic E-state index is -4.41. The highest BCUT2D eigenvalue weighted by molar-refractivity contribution is 9.10. The third-order valence-electron chi connectivity index (χ3n) is 2.87. The van der Waals surface area contributed by atoms with Gasteiger partial charge in [-0.2, -0.15) is 13.2 Å². The summed E-state index contributed by atoms with van der Waals surface area (Å²) in [7, 11) is 0. The second-order valence-corrected chi connectivity index (χ2v) is 5.36. The van der Waals surface area contributed by atoms with E-state index in [0.717, 1.165) is 6.07 Å². The molecule has 0 atom stereocenters. The Morgan fingerprint density at radius 1 is 1.39 bits per heavy atom. The molecule has 1 saturated heterocycles. The van der Waals surface area contributed by atoms with Gasteiger partial charge in [0.2, 0.25) is 0 Å². The van der Waals surface area contributed by atoms with E-state index < -0.39 is 11.7 Å². The molecule has 1 amide bonds. The Kier molecular flexibility index (Phi) is 3.40. The molecule has 98 valence electrons. The van der Waals surface area contributed by atoms with E-state index in [1.54, 1.807) is 4.90 Å². The number of benzene rings is 1. The molecule has 1 aromatic rings. The molecule has 0 saturated carbocycles. The summed E-state index contributed by atoms with van der Waals surface area (Å²) >= 11 is 2.86. The smallest absolute Gasteiger partial charge is 0.338 e. The molecule has 0 aliphatic carbocycles. The number of carbonyl (C=O) groups excluding carboxylic acids is 1. The van der Waals surface area contributed by atoms with E-state index in [1.807, 2.05) is 6.92 Å². The number of hydrogen-bond donors (Lipinski definition) is 0. The van der Waals surface area contributed by atoms with Crippen molar-refractivity contribution in [2.24, 2.45) is 5.92 Å². The third kappa shape index (κ3) is 2.53. The Morgan fingerprint density at radius 3 is 2.44 bits per heavy atom. The van der Waals surface area contributed by atoms with E-state index in [4.69, 9.17) is 0 Å². The van der Waals surface area contributed by atoms with Gasteiger partial charge in [0, 0.05) is 23.1 Å². The van der Waals surface area contributed by atoms with E-state index in [0.29, 0.717) is 19.0 Å². The summed E-state index contributed by atoms with van der Waals surface area (Å²) in [6.07, 6.45) is -4.41. The first-order valence-corrected chi connectivity index (χ1v) is 6.24. The molecule has 0 spiro atoms. The molecule has 0 unspecified atom stereocenters. The minimum absolute atomic E-state index is 0.102. The highest BCUT2D eigenvalue weighted by Gasteiger charge is 2.34. The van der Waals surface area contributed by atoms with Gasteiger partial charge < -0.3 is 4.90 Å². The number of amides is 1. The van der Waals surface area contributed by atoms with Gasteiger partial charge in [0.15, 0.2) is 0 Å². The molecule has 0 N–H and O–H groups in total. The van der Waals surface area contributed by atoms with Gasteiger partial charge in [-0.25, -0.2) is 0 Å². The molecule has 1 aliphatic heterocycles. The van der Waals surface area contributed by atoms with E-state index in [-0.39, 0.29) is 15.9 Å². The van der Waals surface area contributed by atoms with Gasteiger partial charge >= 0.3 is 6.18 Å². The number of nitrogens with zero attached hydrogens (tertiary/aromatic N) is 1. The molecule has 2 rings (SSSR count). The predicted octanol–water partition coefficient (Wildman–Crippen LogP) is 3.56. The van der Waals surface area contributed by atoms with E-state index in [2.05, 4.69) is 15.9 Å². The predicted molar refractivity (Wildman–Crippen MR) is 64.2 cm³/mol. The molecular formula is C12H11BrF3NO. The number of rotatable bonds is 1. The Labute approximate surface area is 111 Å². The second kappa shape index (κ2) is 4.57. The van der Waals surface area contributed by atoms with Gasteiger partial charge in [0.05, 0.1) is 5.56 Å². The van der Waals surface area contributed by atoms with Gasteiger partial charge in [-0.1, -0.05) is 22.9 Å². The summed E-state index contributed by atoms with van der Waals surface area (Å²) in [5.41, 5.74) is -0.488. The Balaban J connectivity index is 2.21. The van der Waals surface area contributed by atoms with Crippen LogP contribution in [0.15, 0.2) is 22.7 Å². The number of hydrogen-bond acceptors (Lipinski definition) is 1. The number of alkyl halides is 3. The van der Waals surface area contributed by atoms with Crippen LogP contribution in [-0.2, 0) is 6.18 Å². The molecule has 6 heteroatoms. The molecule has 2 nitrogen and oxygen atoms in total. The normalized spacial score (nSPS) is 16.6. The molecule has 0 aromatic heterocycles. The summed E-state index contributed by atoms with van der Waals surface area (Å²) in [6.45, 7) is 3.35. The monoisotopic (exact) mass is 321 g/mol. The lowest BCUT2D eigenvalue weighted by atomic mass is 10.0. The molecule has 18 heavy (non-hydrogen) atoms. The number of halogens is 4. The van der Waals surface area contributed by atoms with Crippen molar-refractivity contribution in [3.05, 3.63) is 33.8 Å². The first kappa shape index (κ1) is 13.4. The highest BCUT2D eigenvalue weighted by atomic mass is 79.9. The molecule has 0 radical (unpaired) electrons. The highest BCUT2D eigenvalue weighted by Crippen LogP contribution is 2.35. The zero-order valence-electron chi connectivity index (χ0n) is 9.59. The maximum Gasteiger partial charge on any atom is 0.417 e. The van der Waals surface area contributed by atoms with Crippen LogP contribution < -0.4 is 0 Å². The van der Waals surface area contributed by atoms with Crippen LogP contribution in [0.25, 0.3) is 0 Å². The van der Waals surface area contributed by atoms with Crippen LogP contribution in [-0.4, -0.2) is 23.9 Å². The maximum atomic E-state index is 12.5. The fraction of sp³-hybridized carbons (Fsp3) is 0.417. The van der Waals surface area contributed by atoms with Gasteiger partial charge in [-0.15, -0.1) is 0 Å². The average Bonchev–Trinajstić information content (AvgIpc) is 2.22. The largest absolute Gasteiger partial charge is 0.417 e. The Bertz CT molecular complexity index is 481. The lowest BCUT2D eigenvalue weighted by molar-refractivity contribution is -0.138. The molecular weight excluding hydrogens is 311 g/mol. The van der Waals surface area contributed by atoms with Crippen molar-refractivity contribution in [3.8, 4) is 0 Å². The fourth-order valence-corrected chi connectivity index (χ4v) is 2.53. The zero-order valence-corrected chi connectivity index (χ0v) is 11.2. The standard InChI is InChI=1S/C12H11BrF3NO/c1-7-5-17(6-7)11(18)8-2-3-9(10(13)4-8)12(14,15)16/h2-4,7H,5-6H2,1H3. The van der Waals surface area contributed by atoms with Gasteiger partial charge in [0.1, 0.15) is 0 Å². The average molecular weight is 322 g/mol. The van der Waals surface area contributed by atoms with Crippen LogP contribution in [0.5, 0.6) is 0 Å². The van der Waals surface area contributed by atoms with Crippen molar-refractivity contribution < 1.29 is 18.0 Å². The van der Waals surface area contributed by atoms with E-state index in [1.165, 1.54) is 12.1 Å². The maximum absolute atomic E-state index is 12.5. The number of carbonyl (C=O) groups is 1. The van der Waals surface area contributed by atoms with Crippen LogP contribution in [0.3, 0.4) is 0 Å².